The highest BCUT2D eigenvalue weighted by Gasteiger charge is 2.57. The second kappa shape index (κ2) is 8.69. The molecular weight excluding hydrogens is 420 g/mol. The van der Waals surface area contributed by atoms with Gasteiger partial charge in [0.25, 0.3) is 11.8 Å². The molecule has 8 heteroatoms. The minimum Gasteiger partial charge on any atom is -0.341 e. The standard InChI is InChI=1S/C25H28N4O4/c1-17-8-7-9-19(16-17)21(30)26-18(2)22(31)28-14-12-25(13-15-28)23(32)27(3)24(33)29(25)20-10-5-4-6-11-20/h4-11,16,18H,12-15H2,1-3H3,(H,26,30)/t18-/m1/s1. The Balaban J connectivity index is 1.46. The van der Waals surface area contributed by atoms with E-state index in [2.05, 4.69) is 5.32 Å². The van der Waals surface area contributed by atoms with E-state index >= 15 is 0 Å². The van der Waals surface area contributed by atoms with E-state index in [1.807, 2.05) is 43.3 Å². The third-order valence-corrected chi connectivity index (χ3v) is 6.52. The van der Waals surface area contributed by atoms with Gasteiger partial charge in [0.2, 0.25) is 5.91 Å². The van der Waals surface area contributed by atoms with Gasteiger partial charge in [-0.1, -0.05) is 35.9 Å². The summed E-state index contributed by atoms with van der Waals surface area (Å²) < 4.78 is 0. The molecule has 2 aromatic carbocycles. The summed E-state index contributed by atoms with van der Waals surface area (Å²) >= 11 is 0. The van der Waals surface area contributed by atoms with Gasteiger partial charge in [0, 0.05) is 31.4 Å². The molecular formula is C25H28N4O4. The molecule has 0 radical (unpaired) electrons. The van der Waals surface area contributed by atoms with Crippen LogP contribution in [0.15, 0.2) is 54.6 Å². The number of imide groups is 1. The molecule has 0 unspecified atom stereocenters. The normalized spacial score (nSPS) is 18.6. The third-order valence-electron chi connectivity index (χ3n) is 6.52. The van der Waals surface area contributed by atoms with E-state index in [1.165, 1.54) is 7.05 Å². The number of likely N-dealkylation sites (tertiary alicyclic amines) is 1. The molecule has 2 aliphatic heterocycles. The molecule has 4 rings (SSSR count). The molecule has 0 aromatic heterocycles. The smallest absolute Gasteiger partial charge is 0.331 e. The van der Waals surface area contributed by atoms with Crippen molar-refractivity contribution in [3.05, 3.63) is 65.7 Å². The number of urea groups is 1. The Morgan fingerprint density at radius 2 is 1.67 bits per heavy atom. The number of carbonyl (C=O) groups excluding carboxylic acids is 4. The minimum absolute atomic E-state index is 0.206. The average molecular weight is 449 g/mol. The molecule has 0 bridgehead atoms. The molecule has 2 fully saturated rings. The number of aryl methyl sites for hydroxylation is 1. The van der Waals surface area contributed by atoms with Crippen LogP contribution in [0.2, 0.25) is 0 Å². The number of amides is 5. The van der Waals surface area contributed by atoms with Crippen LogP contribution in [-0.4, -0.2) is 65.3 Å². The topological polar surface area (TPSA) is 90.0 Å². The van der Waals surface area contributed by atoms with Crippen molar-refractivity contribution in [3.8, 4) is 0 Å². The lowest BCUT2D eigenvalue weighted by Gasteiger charge is -2.42. The summed E-state index contributed by atoms with van der Waals surface area (Å²) in [5, 5.41) is 2.77. The van der Waals surface area contributed by atoms with Crippen LogP contribution in [0.1, 0.15) is 35.7 Å². The summed E-state index contributed by atoms with van der Waals surface area (Å²) in [5.41, 5.74) is 1.13. The lowest BCUT2D eigenvalue weighted by molar-refractivity contribution is -0.138. The van der Waals surface area contributed by atoms with E-state index in [4.69, 9.17) is 0 Å². The number of likely N-dealkylation sites (N-methyl/N-ethyl adjacent to an activating group) is 1. The summed E-state index contributed by atoms with van der Waals surface area (Å²) in [6, 6.07) is 15.3. The number of piperidine rings is 1. The first-order chi connectivity index (χ1) is 15.7. The maximum absolute atomic E-state index is 13.1. The van der Waals surface area contributed by atoms with Crippen LogP contribution in [0.3, 0.4) is 0 Å². The van der Waals surface area contributed by atoms with Gasteiger partial charge in [0.15, 0.2) is 0 Å². The number of anilines is 1. The van der Waals surface area contributed by atoms with E-state index < -0.39 is 11.6 Å². The van der Waals surface area contributed by atoms with Crippen molar-refractivity contribution in [3.63, 3.8) is 0 Å². The van der Waals surface area contributed by atoms with Crippen LogP contribution in [0, 0.1) is 6.92 Å². The van der Waals surface area contributed by atoms with E-state index in [0.29, 0.717) is 37.2 Å². The second-order valence-corrected chi connectivity index (χ2v) is 8.74. The zero-order valence-corrected chi connectivity index (χ0v) is 19.1. The zero-order valence-electron chi connectivity index (χ0n) is 19.1. The molecule has 1 N–H and O–H groups in total. The molecule has 1 atom stereocenters. The molecule has 2 saturated heterocycles. The van der Waals surface area contributed by atoms with Crippen molar-refractivity contribution >= 4 is 29.4 Å². The van der Waals surface area contributed by atoms with Crippen LogP contribution >= 0.6 is 0 Å². The molecule has 1 spiro atoms. The molecule has 172 valence electrons. The minimum atomic E-state index is -1.00. The summed E-state index contributed by atoms with van der Waals surface area (Å²) in [6.07, 6.45) is 0.669. The van der Waals surface area contributed by atoms with Gasteiger partial charge in [-0.15, -0.1) is 0 Å². The number of rotatable bonds is 4. The SMILES string of the molecule is Cc1cccc(C(=O)N[C@H](C)C(=O)N2CCC3(CC2)C(=O)N(C)C(=O)N3c2ccccc2)c1. The maximum atomic E-state index is 13.1. The van der Waals surface area contributed by atoms with Crippen LogP contribution in [0.5, 0.6) is 0 Å². The molecule has 2 aromatic rings. The number of hydrogen-bond acceptors (Lipinski definition) is 4. The fraction of sp³-hybridized carbons (Fsp3) is 0.360. The highest BCUT2D eigenvalue weighted by Crippen LogP contribution is 2.40. The number of nitrogens with zero attached hydrogens (tertiary/aromatic N) is 3. The molecule has 8 nitrogen and oxygen atoms in total. The number of para-hydroxylation sites is 1. The lowest BCUT2D eigenvalue weighted by atomic mass is 9.85. The molecule has 2 heterocycles. The van der Waals surface area contributed by atoms with Crippen molar-refractivity contribution in [2.24, 2.45) is 0 Å². The highest BCUT2D eigenvalue weighted by molar-refractivity contribution is 6.16. The Bertz CT molecular complexity index is 1090. The number of benzene rings is 2. The van der Waals surface area contributed by atoms with Crippen molar-refractivity contribution in [2.75, 3.05) is 25.0 Å². The van der Waals surface area contributed by atoms with Crippen molar-refractivity contribution in [1.82, 2.24) is 15.1 Å². The van der Waals surface area contributed by atoms with Gasteiger partial charge in [-0.25, -0.2) is 4.79 Å². The van der Waals surface area contributed by atoms with Crippen molar-refractivity contribution in [1.29, 1.82) is 0 Å². The van der Waals surface area contributed by atoms with Crippen LogP contribution in [0.4, 0.5) is 10.5 Å². The molecule has 33 heavy (non-hydrogen) atoms. The Kier molecular flexibility index (Phi) is 5.93. The number of nitrogens with one attached hydrogen (secondary N) is 1. The van der Waals surface area contributed by atoms with Gasteiger partial charge < -0.3 is 10.2 Å². The monoisotopic (exact) mass is 448 g/mol. The molecule has 0 aliphatic carbocycles. The first-order valence-electron chi connectivity index (χ1n) is 11.1. The molecule has 0 saturated carbocycles. The van der Waals surface area contributed by atoms with E-state index in [9.17, 15) is 19.2 Å². The third kappa shape index (κ3) is 3.97. The van der Waals surface area contributed by atoms with Gasteiger partial charge in [-0.2, -0.15) is 0 Å². The van der Waals surface area contributed by atoms with E-state index in [0.717, 1.165) is 10.5 Å². The first-order valence-corrected chi connectivity index (χ1v) is 11.1. The predicted molar refractivity (Wildman–Crippen MR) is 124 cm³/mol. The van der Waals surface area contributed by atoms with Gasteiger partial charge in [-0.3, -0.25) is 24.2 Å². The summed E-state index contributed by atoms with van der Waals surface area (Å²) in [4.78, 5) is 56.0. The Morgan fingerprint density at radius 3 is 2.30 bits per heavy atom. The number of hydrogen-bond donors (Lipinski definition) is 1. The maximum Gasteiger partial charge on any atom is 0.331 e. The van der Waals surface area contributed by atoms with Crippen LogP contribution in [0.25, 0.3) is 0 Å². The van der Waals surface area contributed by atoms with Gasteiger partial charge in [0.05, 0.1) is 0 Å². The van der Waals surface area contributed by atoms with Crippen molar-refractivity contribution < 1.29 is 19.2 Å². The van der Waals surface area contributed by atoms with Crippen LogP contribution in [-0.2, 0) is 9.59 Å². The largest absolute Gasteiger partial charge is 0.341 e. The van der Waals surface area contributed by atoms with E-state index in [1.54, 1.807) is 34.9 Å². The lowest BCUT2D eigenvalue weighted by Crippen LogP contribution is -2.59. The number of carbonyl (C=O) groups is 4. The molecule has 5 amide bonds. The van der Waals surface area contributed by atoms with Gasteiger partial charge in [-0.05, 0) is 51.0 Å². The molecule has 2 aliphatic rings. The first kappa shape index (κ1) is 22.5. The fourth-order valence-corrected chi connectivity index (χ4v) is 4.70. The Labute approximate surface area is 193 Å². The Hall–Kier alpha value is -3.68. The van der Waals surface area contributed by atoms with Gasteiger partial charge >= 0.3 is 6.03 Å². The van der Waals surface area contributed by atoms with Crippen LogP contribution < -0.4 is 10.2 Å². The van der Waals surface area contributed by atoms with E-state index in [-0.39, 0.29) is 23.8 Å². The highest BCUT2D eigenvalue weighted by atomic mass is 16.2. The predicted octanol–water partition coefficient (Wildman–Crippen LogP) is 2.57. The average Bonchev–Trinajstić information content (AvgIpc) is 3.00. The van der Waals surface area contributed by atoms with Crippen molar-refractivity contribution in [2.45, 2.75) is 38.3 Å². The Morgan fingerprint density at radius 1 is 1.00 bits per heavy atom. The fourth-order valence-electron chi connectivity index (χ4n) is 4.70. The zero-order chi connectivity index (χ0) is 23.8. The van der Waals surface area contributed by atoms with Gasteiger partial charge in [0.1, 0.15) is 11.6 Å². The second-order valence-electron chi connectivity index (χ2n) is 8.74. The quantitative estimate of drug-likeness (QED) is 0.728. The summed E-state index contributed by atoms with van der Waals surface area (Å²) in [5.74, 6) is -0.757. The summed E-state index contributed by atoms with van der Waals surface area (Å²) in [7, 11) is 1.50. The summed E-state index contributed by atoms with van der Waals surface area (Å²) in [6.45, 7) is 4.20.